The second kappa shape index (κ2) is 7.40. The molecule has 0 spiro atoms. The van der Waals surface area contributed by atoms with Gasteiger partial charge in [0.05, 0.1) is 22.5 Å². The molecule has 2 heterocycles. The average Bonchev–Trinajstić information content (AvgIpc) is 3.09. The summed E-state index contributed by atoms with van der Waals surface area (Å²) in [5, 5.41) is 15.1. The number of anilines is 1. The maximum absolute atomic E-state index is 12.9. The summed E-state index contributed by atoms with van der Waals surface area (Å²) in [5.74, 6) is 0.382. The average molecular weight is 394 g/mol. The molecule has 2 aromatic heterocycles. The van der Waals surface area contributed by atoms with Gasteiger partial charge in [0.25, 0.3) is 5.69 Å². The predicted molar refractivity (Wildman–Crippen MR) is 109 cm³/mol. The maximum Gasteiger partial charge on any atom is 0.348 e. The Balaban J connectivity index is 2.00. The molecule has 8 heteroatoms. The first kappa shape index (κ1) is 18.7. The molecule has 1 N–H and O–H groups in total. The molecule has 0 aliphatic carbocycles. The summed E-state index contributed by atoms with van der Waals surface area (Å²) in [6.45, 7) is 2.75. The zero-order valence-corrected chi connectivity index (χ0v) is 15.9. The zero-order chi connectivity index (χ0) is 20.5. The van der Waals surface area contributed by atoms with Crippen LogP contribution in [0.1, 0.15) is 5.56 Å². The Hall–Kier alpha value is -3.65. The maximum atomic E-state index is 12.9. The Kier molecular flexibility index (Phi) is 4.77. The molecule has 0 aliphatic rings. The quantitative estimate of drug-likeness (QED) is 0.222. The normalized spacial score (nSPS) is 11.2. The molecule has 0 fully saturated rings. The number of aryl methyl sites for hydroxylation is 1. The van der Waals surface area contributed by atoms with Crippen molar-refractivity contribution in [3.8, 4) is 11.1 Å². The van der Waals surface area contributed by atoms with Gasteiger partial charge in [-0.15, -0.1) is 0 Å². The number of para-hydroxylation sites is 1. The van der Waals surface area contributed by atoms with Gasteiger partial charge in [-0.3, -0.25) is 10.1 Å². The van der Waals surface area contributed by atoms with Crippen molar-refractivity contribution in [2.75, 3.05) is 25.6 Å². The lowest BCUT2D eigenvalue weighted by molar-refractivity contribution is -0.384. The number of non-ortho nitro benzene ring substituents is 1. The highest BCUT2D eigenvalue weighted by Gasteiger charge is 2.23. The molecule has 0 bridgehead atoms. The topological polar surface area (TPSA) is 108 Å². The van der Waals surface area contributed by atoms with E-state index in [0.29, 0.717) is 46.7 Å². The van der Waals surface area contributed by atoms with Crippen molar-refractivity contribution in [2.24, 2.45) is 0 Å². The van der Waals surface area contributed by atoms with E-state index in [4.69, 9.17) is 13.6 Å². The van der Waals surface area contributed by atoms with E-state index in [1.165, 1.54) is 12.1 Å². The van der Waals surface area contributed by atoms with Gasteiger partial charge in [0.1, 0.15) is 11.0 Å². The SMILES string of the molecule is COCCNc1oc2c(c1-c1ccc([N+](=O)[O-])cc1)c(=O)oc1c(C)cccc12. The molecule has 29 heavy (non-hydrogen) atoms. The van der Waals surface area contributed by atoms with Crippen molar-refractivity contribution >= 4 is 33.5 Å². The lowest BCUT2D eigenvalue weighted by atomic mass is 10.0. The summed E-state index contributed by atoms with van der Waals surface area (Å²) in [6.07, 6.45) is 0. The summed E-state index contributed by atoms with van der Waals surface area (Å²) in [5.41, 5.74) is 2.24. The molecule has 148 valence electrons. The number of ether oxygens (including phenoxy) is 1. The molecule has 0 saturated heterocycles. The number of fused-ring (bicyclic) bond motifs is 3. The monoisotopic (exact) mass is 394 g/mol. The smallest absolute Gasteiger partial charge is 0.348 e. The van der Waals surface area contributed by atoms with Crippen LogP contribution in [0, 0.1) is 17.0 Å². The summed E-state index contributed by atoms with van der Waals surface area (Å²) < 4.78 is 16.7. The van der Waals surface area contributed by atoms with Crippen molar-refractivity contribution in [3.63, 3.8) is 0 Å². The van der Waals surface area contributed by atoms with Crippen LogP contribution in [0.2, 0.25) is 0 Å². The van der Waals surface area contributed by atoms with Crippen LogP contribution in [0.15, 0.2) is 56.1 Å². The van der Waals surface area contributed by atoms with Gasteiger partial charge in [-0.2, -0.15) is 0 Å². The summed E-state index contributed by atoms with van der Waals surface area (Å²) in [6, 6.07) is 11.5. The lowest BCUT2D eigenvalue weighted by Crippen LogP contribution is -2.08. The van der Waals surface area contributed by atoms with E-state index < -0.39 is 10.5 Å². The van der Waals surface area contributed by atoms with Crippen LogP contribution in [-0.2, 0) is 4.74 Å². The van der Waals surface area contributed by atoms with E-state index in [-0.39, 0.29) is 11.1 Å². The van der Waals surface area contributed by atoms with Crippen molar-refractivity contribution < 1.29 is 18.5 Å². The van der Waals surface area contributed by atoms with Gasteiger partial charge < -0.3 is 18.9 Å². The Labute approximate surface area is 164 Å². The van der Waals surface area contributed by atoms with E-state index in [0.717, 1.165) is 5.56 Å². The summed E-state index contributed by atoms with van der Waals surface area (Å²) >= 11 is 0. The van der Waals surface area contributed by atoms with E-state index >= 15 is 0 Å². The summed E-state index contributed by atoms with van der Waals surface area (Å²) in [7, 11) is 1.59. The molecule has 4 aromatic rings. The number of nitro groups is 1. The first-order valence-corrected chi connectivity index (χ1v) is 8.98. The van der Waals surface area contributed by atoms with Gasteiger partial charge in [-0.25, -0.2) is 4.79 Å². The highest BCUT2D eigenvalue weighted by Crippen LogP contribution is 2.40. The van der Waals surface area contributed by atoms with Crippen molar-refractivity contribution in [1.29, 1.82) is 0 Å². The number of rotatable bonds is 6. The minimum Gasteiger partial charge on any atom is -0.439 e. The van der Waals surface area contributed by atoms with Gasteiger partial charge in [0, 0.05) is 25.8 Å². The zero-order valence-electron chi connectivity index (χ0n) is 15.9. The molecule has 0 aliphatic heterocycles. The van der Waals surface area contributed by atoms with Gasteiger partial charge >= 0.3 is 5.63 Å². The number of nitrogens with zero attached hydrogens (tertiary/aromatic N) is 1. The molecule has 0 unspecified atom stereocenters. The van der Waals surface area contributed by atoms with E-state index in [1.807, 2.05) is 25.1 Å². The molecule has 4 rings (SSSR count). The third-order valence-corrected chi connectivity index (χ3v) is 4.72. The van der Waals surface area contributed by atoms with Crippen LogP contribution in [0.25, 0.3) is 33.1 Å². The minimum absolute atomic E-state index is 0.0384. The molecular weight excluding hydrogens is 376 g/mol. The summed E-state index contributed by atoms with van der Waals surface area (Å²) in [4.78, 5) is 23.4. The van der Waals surface area contributed by atoms with E-state index in [9.17, 15) is 14.9 Å². The van der Waals surface area contributed by atoms with Crippen LogP contribution in [0.5, 0.6) is 0 Å². The number of nitro benzene ring substituents is 1. The predicted octanol–water partition coefficient (Wildman–Crippen LogP) is 4.48. The number of methoxy groups -OCH3 is 1. The number of benzene rings is 2. The second-order valence-electron chi connectivity index (χ2n) is 6.57. The highest BCUT2D eigenvalue weighted by molar-refractivity contribution is 6.10. The number of nitrogens with one attached hydrogen (secondary N) is 1. The first-order chi connectivity index (χ1) is 14.0. The fraction of sp³-hybridized carbons (Fsp3) is 0.190. The fourth-order valence-electron chi connectivity index (χ4n) is 3.34. The third-order valence-electron chi connectivity index (χ3n) is 4.72. The minimum atomic E-state index is -0.529. The first-order valence-electron chi connectivity index (χ1n) is 8.98. The fourth-order valence-corrected chi connectivity index (χ4v) is 3.34. The van der Waals surface area contributed by atoms with Crippen molar-refractivity contribution in [3.05, 3.63) is 68.6 Å². The van der Waals surface area contributed by atoms with Crippen LogP contribution in [-0.4, -0.2) is 25.2 Å². The molecule has 0 saturated carbocycles. The van der Waals surface area contributed by atoms with Crippen molar-refractivity contribution in [1.82, 2.24) is 0 Å². The van der Waals surface area contributed by atoms with E-state index in [1.54, 1.807) is 19.2 Å². The van der Waals surface area contributed by atoms with Crippen molar-refractivity contribution in [2.45, 2.75) is 6.92 Å². The largest absolute Gasteiger partial charge is 0.439 e. The number of hydrogen-bond acceptors (Lipinski definition) is 7. The molecule has 0 amide bonds. The highest BCUT2D eigenvalue weighted by atomic mass is 16.6. The van der Waals surface area contributed by atoms with Gasteiger partial charge in [0.15, 0.2) is 5.58 Å². The third kappa shape index (κ3) is 3.23. The standard InChI is InChI=1S/C21H18N2O6/c1-12-4-3-5-15-18(12)29-21(24)17-16(13-6-8-14(9-7-13)23(25)26)20(28-19(15)17)22-10-11-27-2/h3-9,22H,10-11H2,1-2H3. The number of furan rings is 1. The molecule has 2 aromatic carbocycles. The van der Waals surface area contributed by atoms with Crippen LogP contribution < -0.4 is 10.9 Å². The Bertz CT molecular complexity index is 1270. The molecule has 8 nitrogen and oxygen atoms in total. The second-order valence-corrected chi connectivity index (χ2v) is 6.57. The lowest BCUT2D eigenvalue weighted by Gasteiger charge is -2.06. The Morgan fingerprint density at radius 2 is 1.86 bits per heavy atom. The van der Waals surface area contributed by atoms with E-state index in [2.05, 4.69) is 5.32 Å². The van der Waals surface area contributed by atoms with Gasteiger partial charge in [-0.05, 0) is 36.2 Å². The Morgan fingerprint density at radius 3 is 2.55 bits per heavy atom. The molecular formula is C21H18N2O6. The molecule has 0 atom stereocenters. The Morgan fingerprint density at radius 1 is 1.10 bits per heavy atom. The number of hydrogen-bond donors (Lipinski definition) is 1. The van der Waals surface area contributed by atoms with Gasteiger partial charge in [0.2, 0.25) is 5.88 Å². The van der Waals surface area contributed by atoms with Crippen LogP contribution in [0.3, 0.4) is 0 Å². The van der Waals surface area contributed by atoms with Crippen LogP contribution in [0.4, 0.5) is 11.6 Å². The van der Waals surface area contributed by atoms with Crippen LogP contribution >= 0.6 is 0 Å². The molecule has 0 radical (unpaired) electrons. The van der Waals surface area contributed by atoms with Gasteiger partial charge in [-0.1, -0.05) is 12.1 Å².